The van der Waals surface area contributed by atoms with Gasteiger partial charge in [-0.25, -0.2) is 0 Å². The third-order valence-electron chi connectivity index (χ3n) is 3.81. The van der Waals surface area contributed by atoms with E-state index >= 15 is 0 Å². The number of hydrogen-bond acceptors (Lipinski definition) is 6. The zero-order valence-electron chi connectivity index (χ0n) is 13.9. The van der Waals surface area contributed by atoms with Crippen LogP contribution in [0.15, 0.2) is 46.2 Å². The summed E-state index contributed by atoms with van der Waals surface area (Å²) in [5.41, 5.74) is 1.26. The number of nitrogens with one attached hydrogen (secondary N) is 1. The second-order valence-electron chi connectivity index (χ2n) is 5.67. The van der Waals surface area contributed by atoms with Crippen LogP contribution < -0.4 is 5.32 Å². The van der Waals surface area contributed by atoms with Gasteiger partial charge in [0.1, 0.15) is 6.07 Å². The van der Waals surface area contributed by atoms with Crippen molar-refractivity contribution in [2.75, 3.05) is 26.0 Å². The van der Waals surface area contributed by atoms with E-state index in [0.717, 1.165) is 10.4 Å². The molecule has 0 bridgehead atoms. The molecule has 0 amide bonds. The maximum Gasteiger partial charge on any atom is 0.240 e. The number of benzene rings is 1. The molecule has 0 radical (unpaired) electrons. The molecule has 0 spiro atoms. The highest BCUT2D eigenvalue weighted by molar-refractivity contribution is 7.13. The Balaban J connectivity index is 1.82. The molecule has 25 heavy (non-hydrogen) atoms. The van der Waals surface area contributed by atoms with Gasteiger partial charge in [-0.3, -0.25) is 0 Å². The summed E-state index contributed by atoms with van der Waals surface area (Å²) in [5, 5.41) is 15.2. The van der Waals surface area contributed by atoms with Crippen molar-refractivity contribution in [3.8, 4) is 16.8 Å². The summed E-state index contributed by atoms with van der Waals surface area (Å²) in [4.78, 5) is 7.22. The van der Waals surface area contributed by atoms with E-state index in [4.69, 9.17) is 16.0 Å². The van der Waals surface area contributed by atoms with Gasteiger partial charge >= 0.3 is 0 Å². The largest absolute Gasteiger partial charge is 0.418 e. The molecular formula is C18H17ClN4OS. The first-order valence-corrected chi connectivity index (χ1v) is 8.95. The third kappa shape index (κ3) is 3.85. The van der Waals surface area contributed by atoms with Crippen LogP contribution in [0.4, 0.5) is 5.88 Å². The van der Waals surface area contributed by atoms with E-state index in [9.17, 15) is 5.26 Å². The highest BCUT2D eigenvalue weighted by Gasteiger charge is 2.20. The SMILES string of the molecule is CN(C)C(CNc1oc(-c2cccs2)nc1C#N)c1ccccc1Cl. The van der Waals surface area contributed by atoms with Gasteiger partial charge < -0.3 is 14.6 Å². The maximum atomic E-state index is 9.32. The van der Waals surface area contributed by atoms with Crippen molar-refractivity contribution < 1.29 is 4.42 Å². The van der Waals surface area contributed by atoms with Gasteiger partial charge in [0.05, 0.1) is 10.9 Å². The predicted molar refractivity (Wildman–Crippen MR) is 101 cm³/mol. The number of rotatable bonds is 6. The summed E-state index contributed by atoms with van der Waals surface area (Å²) >= 11 is 7.85. The quantitative estimate of drug-likeness (QED) is 0.682. The fraction of sp³-hybridized carbons (Fsp3) is 0.222. The Morgan fingerprint density at radius 2 is 2.12 bits per heavy atom. The Bertz CT molecular complexity index is 883. The molecule has 3 aromatic rings. The molecule has 2 aromatic heterocycles. The van der Waals surface area contributed by atoms with Gasteiger partial charge in [-0.05, 0) is 37.2 Å². The molecule has 2 heterocycles. The van der Waals surface area contributed by atoms with Crippen LogP contribution in [0.25, 0.3) is 10.8 Å². The van der Waals surface area contributed by atoms with Gasteiger partial charge in [-0.1, -0.05) is 35.9 Å². The Hall–Kier alpha value is -2.33. The molecule has 5 nitrogen and oxygen atoms in total. The van der Waals surface area contributed by atoms with Crippen LogP contribution in [0.3, 0.4) is 0 Å². The van der Waals surface area contributed by atoms with E-state index in [-0.39, 0.29) is 11.7 Å². The number of hydrogen-bond donors (Lipinski definition) is 1. The van der Waals surface area contributed by atoms with Crippen LogP contribution in [0.2, 0.25) is 5.02 Å². The van der Waals surface area contributed by atoms with Crippen LogP contribution in [0.5, 0.6) is 0 Å². The molecule has 7 heteroatoms. The van der Waals surface area contributed by atoms with Gasteiger partial charge in [-0.15, -0.1) is 11.3 Å². The summed E-state index contributed by atoms with van der Waals surface area (Å²) < 4.78 is 5.76. The summed E-state index contributed by atoms with van der Waals surface area (Å²) in [7, 11) is 3.97. The van der Waals surface area contributed by atoms with Crippen LogP contribution in [-0.2, 0) is 0 Å². The van der Waals surface area contributed by atoms with Crippen molar-refractivity contribution in [1.29, 1.82) is 5.26 Å². The number of likely N-dealkylation sites (N-methyl/N-ethyl adjacent to an activating group) is 1. The monoisotopic (exact) mass is 372 g/mol. The number of oxazole rings is 1. The van der Waals surface area contributed by atoms with Crippen LogP contribution in [0.1, 0.15) is 17.3 Å². The Labute approximate surface area is 155 Å². The summed E-state index contributed by atoms with van der Waals surface area (Å²) in [6.45, 7) is 0.532. The lowest BCUT2D eigenvalue weighted by atomic mass is 10.1. The fourth-order valence-electron chi connectivity index (χ4n) is 2.53. The minimum atomic E-state index is 0.0236. The first kappa shape index (κ1) is 17.5. The minimum absolute atomic E-state index is 0.0236. The van der Waals surface area contributed by atoms with E-state index in [2.05, 4.69) is 21.3 Å². The molecule has 0 fully saturated rings. The fourth-order valence-corrected chi connectivity index (χ4v) is 3.44. The lowest BCUT2D eigenvalue weighted by Gasteiger charge is -2.25. The number of nitrogens with zero attached hydrogens (tertiary/aromatic N) is 3. The molecule has 1 unspecified atom stereocenters. The summed E-state index contributed by atoms with van der Waals surface area (Å²) in [6, 6.07) is 13.7. The Morgan fingerprint density at radius 3 is 2.76 bits per heavy atom. The normalized spacial score (nSPS) is 12.1. The van der Waals surface area contributed by atoms with Crippen molar-refractivity contribution in [2.24, 2.45) is 0 Å². The van der Waals surface area contributed by atoms with Gasteiger partial charge in [-0.2, -0.15) is 10.2 Å². The first-order valence-electron chi connectivity index (χ1n) is 7.69. The molecule has 3 rings (SSSR count). The van der Waals surface area contributed by atoms with Gasteiger partial charge in [0.25, 0.3) is 0 Å². The topological polar surface area (TPSA) is 65.1 Å². The first-order chi connectivity index (χ1) is 12.1. The molecule has 1 aromatic carbocycles. The van der Waals surface area contributed by atoms with Crippen molar-refractivity contribution in [2.45, 2.75) is 6.04 Å². The Kier molecular flexibility index (Phi) is 5.39. The summed E-state index contributed by atoms with van der Waals surface area (Å²) in [6.07, 6.45) is 0. The summed E-state index contributed by atoms with van der Waals surface area (Å²) in [5.74, 6) is 0.831. The van der Waals surface area contributed by atoms with Crippen LogP contribution in [0, 0.1) is 11.3 Å². The van der Waals surface area contributed by atoms with E-state index in [1.165, 1.54) is 11.3 Å². The van der Waals surface area contributed by atoms with Gasteiger partial charge in [0.15, 0.2) is 0 Å². The average molecular weight is 373 g/mol. The molecule has 1 atom stereocenters. The van der Waals surface area contributed by atoms with E-state index in [1.807, 2.05) is 55.9 Å². The number of anilines is 1. The minimum Gasteiger partial charge on any atom is -0.418 e. The maximum absolute atomic E-state index is 9.32. The van der Waals surface area contributed by atoms with Crippen molar-refractivity contribution in [3.05, 3.63) is 58.1 Å². The van der Waals surface area contributed by atoms with Crippen LogP contribution in [-0.4, -0.2) is 30.5 Å². The van der Waals surface area contributed by atoms with Crippen LogP contribution >= 0.6 is 22.9 Å². The average Bonchev–Trinajstić information content (AvgIpc) is 3.25. The molecule has 0 aliphatic heterocycles. The van der Waals surface area contributed by atoms with E-state index < -0.39 is 0 Å². The lowest BCUT2D eigenvalue weighted by molar-refractivity contribution is 0.310. The number of thiophene rings is 1. The smallest absolute Gasteiger partial charge is 0.240 e. The van der Waals surface area contributed by atoms with Crippen molar-refractivity contribution >= 4 is 28.8 Å². The van der Waals surface area contributed by atoms with E-state index in [1.54, 1.807) is 0 Å². The van der Waals surface area contributed by atoms with Crippen molar-refractivity contribution in [3.63, 3.8) is 0 Å². The lowest BCUT2D eigenvalue weighted by Crippen LogP contribution is -2.27. The third-order valence-corrected chi connectivity index (χ3v) is 5.01. The number of aromatic nitrogens is 1. The van der Waals surface area contributed by atoms with E-state index in [0.29, 0.717) is 23.3 Å². The molecule has 0 aliphatic rings. The zero-order chi connectivity index (χ0) is 17.8. The highest BCUT2D eigenvalue weighted by atomic mass is 35.5. The predicted octanol–water partition coefficient (Wildman–Crippen LogP) is 4.64. The molecule has 0 aliphatic carbocycles. The molecule has 0 saturated heterocycles. The molecular weight excluding hydrogens is 356 g/mol. The van der Waals surface area contributed by atoms with Gasteiger partial charge in [0.2, 0.25) is 17.5 Å². The van der Waals surface area contributed by atoms with Gasteiger partial charge in [0, 0.05) is 11.6 Å². The Morgan fingerprint density at radius 1 is 1.32 bits per heavy atom. The zero-order valence-corrected chi connectivity index (χ0v) is 15.4. The van der Waals surface area contributed by atoms with Crippen molar-refractivity contribution in [1.82, 2.24) is 9.88 Å². The number of halogens is 1. The second kappa shape index (κ2) is 7.70. The molecule has 128 valence electrons. The second-order valence-corrected chi connectivity index (χ2v) is 7.02. The molecule has 1 N–H and O–H groups in total. The highest BCUT2D eigenvalue weighted by Crippen LogP contribution is 2.30. The number of nitriles is 1. The standard InChI is InChI=1S/C18H17ClN4OS/c1-23(2)15(12-6-3-4-7-13(12)19)11-21-17-14(10-20)22-18(24-17)16-8-5-9-25-16/h3-9,15,21H,11H2,1-2H3. The molecule has 0 saturated carbocycles.